The number of sulfonamides is 1. The van der Waals surface area contributed by atoms with Crippen LogP contribution in [0.4, 0.5) is 0 Å². The minimum absolute atomic E-state index is 0.150. The predicted molar refractivity (Wildman–Crippen MR) is 85.6 cm³/mol. The Hall–Kier alpha value is -0.910. The first-order chi connectivity index (χ1) is 9.96. The lowest BCUT2D eigenvalue weighted by molar-refractivity contribution is 0.280. The van der Waals surface area contributed by atoms with E-state index in [1.807, 2.05) is 0 Å². The second kappa shape index (κ2) is 8.51. The van der Waals surface area contributed by atoms with Gasteiger partial charge in [-0.15, -0.1) is 0 Å². The number of aliphatic hydroxyl groups is 1. The molecular weight excluding hydrogens is 286 g/mol. The van der Waals surface area contributed by atoms with Crippen LogP contribution >= 0.6 is 0 Å². The van der Waals surface area contributed by atoms with Gasteiger partial charge in [0.15, 0.2) is 0 Å². The average Bonchev–Trinajstić information content (AvgIpc) is 2.47. The molecule has 0 radical (unpaired) electrons. The van der Waals surface area contributed by atoms with E-state index in [9.17, 15) is 13.5 Å². The van der Waals surface area contributed by atoms with E-state index >= 15 is 0 Å². The van der Waals surface area contributed by atoms with E-state index in [-0.39, 0.29) is 11.5 Å². The molecule has 1 atom stereocenters. The maximum absolute atomic E-state index is 12.4. The van der Waals surface area contributed by atoms with Crippen molar-refractivity contribution in [2.75, 3.05) is 6.54 Å². The van der Waals surface area contributed by atoms with Crippen molar-refractivity contribution in [1.29, 1.82) is 0 Å². The molecule has 0 aliphatic heterocycles. The zero-order valence-electron chi connectivity index (χ0n) is 13.2. The first kappa shape index (κ1) is 18.1. The van der Waals surface area contributed by atoms with Gasteiger partial charge < -0.3 is 5.11 Å². The minimum atomic E-state index is -3.51. The van der Waals surface area contributed by atoms with Gasteiger partial charge >= 0.3 is 0 Å². The number of hydrogen-bond acceptors (Lipinski definition) is 3. The summed E-state index contributed by atoms with van der Waals surface area (Å²) < 4.78 is 27.6. The monoisotopic (exact) mass is 313 g/mol. The molecule has 2 N–H and O–H groups in total. The summed E-state index contributed by atoms with van der Waals surface area (Å²) in [5, 5.41) is 9.25. The van der Waals surface area contributed by atoms with Crippen molar-refractivity contribution in [3.63, 3.8) is 0 Å². The largest absolute Gasteiger partial charge is 0.392 e. The van der Waals surface area contributed by atoms with Crippen LogP contribution in [0.3, 0.4) is 0 Å². The highest BCUT2D eigenvalue weighted by Crippen LogP contribution is 2.20. The van der Waals surface area contributed by atoms with Gasteiger partial charge in [0.1, 0.15) is 0 Å². The molecule has 120 valence electrons. The van der Waals surface area contributed by atoms with Crippen LogP contribution in [0.25, 0.3) is 0 Å². The number of rotatable bonds is 9. The van der Waals surface area contributed by atoms with Crippen molar-refractivity contribution in [3.8, 4) is 0 Å². The molecule has 1 aromatic carbocycles. The van der Waals surface area contributed by atoms with E-state index in [1.165, 1.54) is 0 Å². The fourth-order valence-corrected chi connectivity index (χ4v) is 3.77. The molecule has 0 amide bonds. The first-order valence-electron chi connectivity index (χ1n) is 7.65. The molecule has 0 saturated carbocycles. The number of aliphatic hydroxyl groups excluding tert-OH is 1. The van der Waals surface area contributed by atoms with Gasteiger partial charge in [0.2, 0.25) is 10.0 Å². The van der Waals surface area contributed by atoms with Gasteiger partial charge in [-0.2, -0.15) is 0 Å². The summed E-state index contributed by atoms with van der Waals surface area (Å²) in [6.45, 7) is 6.28. The normalized spacial score (nSPS) is 13.3. The molecule has 0 aromatic heterocycles. The summed E-state index contributed by atoms with van der Waals surface area (Å²) in [6, 6.07) is 5.00. The second-order valence-corrected chi connectivity index (χ2v) is 7.20. The summed E-state index contributed by atoms with van der Waals surface area (Å²) >= 11 is 0. The second-order valence-electron chi connectivity index (χ2n) is 5.47. The third-order valence-corrected chi connectivity index (χ3v) is 5.53. The number of benzene rings is 1. The fourth-order valence-electron chi connectivity index (χ4n) is 2.37. The molecule has 1 rings (SSSR count). The van der Waals surface area contributed by atoms with Crippen LogP contribution < -0.4 is 4.72 Å². The Labute approximate surface area is 128 Å². The minimum Gasteiger partial charge on any atom is -0.392 e. The number of hydrogen-bond donors (Lipinski definition) is 2. The highest BCUT2D eigenvalue weighted by molar-refractivity contribution is 7.89. The maximum Gasteiger partial charge on any atom is 0.240 e. The molecule has 0 fully saturated rings. The molecule has 0 spiro atoms. The molecule has 21 heavy (non-hydrogen) atoms. The SMILES string of the molecule is CCCCC(CC)CNS(=O)(=O)c1cccc(CO)c1C. The molecule has 0 aliphatic carbocycles. The van der Waals surface area contributed by atoms with Crippen LogP contribution in [0.5, 0.6) is 0 Å². The zero-order chi connectivity index (χ0) is 15.9. The van der Waals surface area contributed by atoms with Crippen molar-refractivity contribution < 1.29 is 13.5 Å². The molecule has 1 aromatic rings. The van der Waals surface area contributed by atoms with Crippen LogP contribution in [0, 0.1) is 12.8 Å². The van der Waals surface area contributed by atoms with E-state index in [4.69, 9.17) is 0 Å². The van der Waals surface area contributed by atoms with E-state index in [2.05, 4.69) is 18.6 Å². The van der Waals surface area contributed by atoms with Gasteiger partial charge in [0, 0.05) is 6.54 Å². The van der Waals surface area contributed by atoms with Gasteiger partial charge in [-0.05, 0) is 36.5 Å². The van der Waals surface area contributed by atoms with E-state index in [1.54, 1.807) is 25.1 Å². The van der Waals surface area contributed by atoms with Crippen LogP contribution in [-0.4, -0.2) is 20.1 Å². The fraction of sp³-hybridized carbons (Fsp3) is 0.625. The third-order valence-electron chi connectivity index (χ3n) is 3.96. The van der Waals surface area contributed by atoms with Crippen molar-refractivity contribution >= 4 is 10.0 Å². The molecular formula is C16H27NO3S. The molecule has 1 unspecified atom stereocenters. The Bertz CT molecular complexity index is 540. The molecule has 0 heterocycles. The highest BCUT2D eigenvalue weighted by atomic mass is 32.2. The summed E-state index contributed by atoms with van der Waals surface area (Å²) in [5.41, 5.74) is 1.27. The standard InChI is InChI=1S/C16H27NO3S/c1-4-6-8-14(5-2)11-17-21(19,20)16-10-7-9-15(12-18)13(16)3/h7,9-10,14,17-18H,4-6,8,11-12H2,1-3H3. The summed E-state index contributed by atoms with van der Waals surface area (Å²) in [7, 11) is -3.51. The Morgan fingerprint density at radius 3 is 2.57 bits per heavy atom. The Balaban J connectivity index is 2.82. The quantitative estimate of drug-likeness (QED) is 0.736. The third kappa shape index (κ3) is 5.09. The number of nitrogens with one attached hydrogen (secondary N) is 1. The van der Waals surface area contributed by atoms with Crippen molar-refractivity contribution in [3.05, 3.63) is 29.3 Å². The molecule has 0 saturated heterocycles. The van der Waals surface area contributed by atoms with Gasteiger partial charge in [0.25, 0.3) is 0 Å². The van der Waals surface area contributed by atoms with Crippen molar-refractivity contribution in [2.45, 2.75) is 58.0 Å². The van der Waals surface area contributed by atoms with E-state index in [0.717, 1.165) is 25.7 Å². The predicted octanol–water partition coefficient (Wildman–Crippen LogP) is 2.98. The van der Waals surface area contributed by atoms with Gasteiger partial charge in [0.05, 0.1) is 11.5 Å². The lowest BCUT2D eigenvalue weighted by Crippen LogP contribution is -2.30. The summed E-state index contributed by atoms with van der Waals surface area (Å²) in [6.07, 6.45) is 4.27. The summed E-state index contributed by atoms with van der Waals surface area (Å²) in [5.74, 6) is 0.376. The van der Waals surface area contributed by atoms with Crippen molar-refractivity contribution in [2.24, 2.45) is 5.92 Å². The number of unbranched alkanes of at least 4 members (excludes halogenated alkanes) is 1. The van der Waals surface area contributed by atoms with E-state index < -0.39 is 10.0 Å². The maximum atomic E-state index is 12.4. The first-order valence-corrected chi connectivity index (χ1v) is 9.13. The Morgan fingerprint density at radius 2 is 2.00 bits per heavy atom. The Kier molecular flexibility index (Phi) is 7.35. The molecule has 5 heteroatoms. The van der Waals surface area contributed by atoms with Gasteiger partial charge in [-0.1, -0.05) is 45.2 Å². The summed E-state index contributed by atoms with van der Waals surface area (Å²) in [4.78, 5) is 0.263. The van der Waals surface area contributed by atoms with Crippen LogP contribution in [0.15, 0.2) is 23.1 Å². The average molecular weight is 313 g/mol. The van der Waals surface area contributed by atoms with Gasteiger partial charge in [-0.25, -0.2) is 13.1 Å². The van der Waals surface area contributed by atoms with E-state index in [0.29, 0.717) is 23.6 Å². The lowest BCUT2D eigenvalue weighted by atomic mass is 10.00. The topological polar surface area (TPSA) is 66.4 Å². The molecule has 0 aliphatic rings. The van der Waals surface area contributed by atoms with Gasteiger partial charge in [-0.3, -0.25) is 0 Å². The zero-order valence-corrected chi connectivity index (χ0v) is 14.0. The van der Waals surface area contributed by atoms with Crippen LogP contribution in [-0.2, 0) is 16.6 Å². The van der Waals surface area contributed by atoms with Crippen LogP contribution in [0.2, 0.25) is 0 Å². The smallest absolute Gasteiger partial charge is 0.240 e. The lowest BCUT2D eigenvalue weighted by Gasteiger charge is -2.17. The van der Waals surface area contributed by atoms with Crippen LogP contribution in [0.1, 0.15) is 50.7 Å². The highest BCUT2D eigenvalue weighted by Gasteiger charge is 2.19. The Morgan fingerprint density at radius 1 is 1.29 bits per heavy atom. The molecule has 4 nitrogen and oxygen atoms in total. The molecule has 0 bridgehead atoms. The van der Waals surface area contributed by atoms with Crippen molar-refractivity contribution in [1.82, 2.24) is 4.72 Å².